The van der Waals surface area contributed by atoms with Crippen molar-refractivity contribution in [3.05, 3.63) is 11.8 Å². The standard InChI is InChI=1S/C10H18N4/c1-10(2,3)6-7-5-8(11)14-9(12-4)13-7/h5H,6H2,1-4H3,(H3,11,12,13,14). The molecular formula is C10H18N4. The van der Waals surface area contributed by atoms with Gasteiger partial charge in [0, 0.05) is 18.8 Å². The highest BCUT2D eigenvalue weighted by Gasteiger charge is 2.13. The summed E-state index contributed by atoms with van der Waals surface area (Å²) in [6.45, 7) is 6.51. The van der Waals surface area contributed by atoms with E-state index >= 15 is 0 Å². The van der Waals surface area contributed by atoms with Gasteiger partial charge in [-0.1, -0.05) is 20.8 Å². The van der Waals surface area contributed by atoms with Gasteiger partial charge in [0.25, 0.3) is 0 Å². The van der Waals surface area contributed by atoms with Crippen molar-refractivity contribution in [1.29, 1.82) is 0 Å². The van der Waals surface area contributed by atoms with Crippen LogP contribution in [0.25, 0.3) is 0 Å². The molecule has 0 aromatic carbocycles. The maximum atomic E-state index is 5.66. The molecule has 0 aliphatic rings. The van der Waals surface area contributed by atoms with E-state index in [1.807, 2.05) is 6.07 Å². The van der Waals surface area contributed by atoms with Gasteiger partial charge in [0.05, 0.1) is 0 Å². The summed E-state index contributed by atoms with van der Waals surface area (Å²) in [5.41, 5.74) is 6.86. The first kappa shape index (κ1) is 10.8. The molecule has 0 saturated carbocycles. The Kier molecular flexibility index (Phi) is 2.93. The van der Waals surface area contributed by atoms with Crippen molar-refractivity contribution in [3.63, 3.8) is 0 Å². The minimum Gasteiger partial charge on any atom is -0.384 e. The number of nitrogens with one attached hydrogen (secondary N) is 1. The molecule has 14 heavy (non-hydrogen) atoms. The molecule has 4 nitrogen and oxygen atoms in total. The molecule has 0 radical (unpaired) electrons. The third-order valence-corrected chi connectivity index (χ3v) is 1.73. The van der Waals surface area contributed by atoms with Gasteiger partial charge in [0.2, 0.25) is 5.95 Å². The molecule has 0 bridgehead atoms. The first-order chi connectivity index (χ1) is 6.40. The summed E-state index contributed by atoms with van der Waals surface area (Å²) in [6, 6.07) is 1.83. The Morgan fingerprint density at radius 1 is 1.36 bits per heavy atom. The average Bonchev–Trinajstić information content (AvgIpc) is 1.99. The van der Waals surface area contributed by atoms with E-state index < -0.39 is 0 Å². The number of nitrogens with two attached hydrogens (primary N) is 1. The van der Waals surface area contributed by atoms with E-state index in [-0.39, 0.29) is 5.41 Å². The first-order valence-corrected chi connectivity index (χ1v) is 4.72. The molecule has 3 N–H and O–H groups in total. The number of hydrogen-bond acceptors (Lipinski definition) is 4. The zero-order valence-electron chi connectivity index (χ0n) is 9.26. The van der Waals surface area contributed by atoms with Gasteiger partial charge in [-0.25, -0.2) is 4.98 Å². The van der Waals surface area contributed by atoms with Crippen molar-refractivity contribution in [2.75, 3.05) is 18.1 Å². The minimum atomic E-state index is 0.214. The predicted octanol–water partition coefficient (Wildman–Crippen LogP) is 1.69. The van der Waals surface area contributed by atoms with E-state index in [1.54, 1.807) is 7.05 Å². The summed E-state index contributed by atoms with van der Waals surface area (Å²) < 4.78 is 0. The lowest BCUT2D eigenvalue weighted by Gasteiger charge is -2.17. The summed E-state index contributed by atoms with van der Waals surface area (Å²) in [7, 11) is 1.79. The highest BCUT2D eigenvalue weighted by Crippen LogP contribution is 2.20. The zero-order valence-corrected chi connectivity index (χ0v) is 9.26. The van der Waals surface area contributed by atoms with Crippen LogP contribution in [0.1, 0.15) is 26.5 Å². The Balaban J connectivity index is 2.92. The van der Waals surface area contributed by atoms with Crippen LogP contribution in [0.15, 0.2) is 6.07 Å². The van der Waals surface area contributed by atoms with Gasteiger partial charge in [0.1, 0.15) is 5.82 Å². The molecular weight excluding hydrogens is 176 g/mol. The van der Waals surface area contributed by atoms with E-state index in [1.165, 1.54) is 0 Å². The molecule has 78 valence electrons. The number of anilines is 2. The van der Waals surface area contributed by atoms with Crippen molar-refractivity contribution in [1.82, 2.24) is 9.97 Å². The molecule has 0 aliphatic carbocycles. The van der Waals surface area contributed by atoms with E-state index in [2.05, 4.69) is 36.1 Å². The second-order valence-electron chi connectivity index (χ2n) is 4.60. The average molecular weight is 194 g/mol. The van der Waals surface area contributed by atoms with Gasteiger partial charge >= 0.3 is 0 Å². The molecule has 4 heteroatoms. The van der Waals surface area contributed by atoms with Crippen LogP contribution in [0.2, 0.25) is 0 Å². The molecule has 1 heterocycles. The molecule has 0 unspecified atom stereocenters. The number of nitrogens with zero attached hydrogens (tertiary/aromatic N) is 2. The lowest BCUT2D eigenvalue weighted by Crippen LogP contribution is -2.12. The monoisotopic (exact) mass is 194 g/mol. The summed E-state index contributed by atoms with van der Waals surface area (Å²) in [5, 5.41) is 2.89. The number of aromatic nitrogens is 2. The van der Waals surface area contributed by atoms with E-state index in [0.29, 0.717) is 11.8 Å². The van der Waals surface area contributed by atoms with Crippen LogP contribution in [0.3, 0.4) is 0 Å². The second-order valence-corrected chi connectivity index (χ2v) is 4.60. The lowest BCUT2D eigenvalue weighted by molar-refractivity contribution is 0.406. The highest BCUT2D eigenvalue weighted by molar-refractivity contribution is 5.38. The predicted molar refractivity (Wildman–Crippen MR) is 59.2 cm³/mol. The fraction of sp³-hybridized carbons (Fsp3) is 0.600. The quantitative estimate of drug-likeness (QED) is 0.752. The Hall–Kier alpha value is -1.32. The molecule has 0 fully saturated rings. The molecule has 1 rings (SSSR count). The van der Waals surface area contributed by atoms with E-state index in [9.17, 15) is 0 Å². The largest absolute Gasteiger partial charge is 0.384 e. The molecule has 0 saturated heterocycles. The van der Waals surface area contributed by atoms with Crippen molar-refractivity contribution < 1.29 is 0 Å². The fourth-order valence-electron chi connectivity index (χ4n) is 1.26. The van der Waals surface area contributed by atoms with Crippen LogP contribution < -0.4 is 11.1 Å². The molecule has 0 spiro atoms. The molecule has 0 atom stereocenters. The maximum Gasteiger partial charge on any atom is 0.224 e. The van der Waals surface area contributed by atoms with Crippen molar-refractivity contribution >= 4 is 11.8 Å². The summed E-state index contributed by atoms with van der Waals surface area (Å²) in [4.78, 5) is 8.37. The van der Waals surface area contributed by atoms with Crippen LogP contribution >= 0.6 is 0 Å². The minimum absolute atomic E-state index is 0.214. The fourth-order valence-corrected chi connectivity index (χ4v) is 1.26. The molecule has 1 aromatic rings. The Bertz CT molecular complexity index is 314. The van der Waals surface area contributed by atoms with E-state index in [0.717, 1.165) is 12.1 Å². The Morgan fingerprint density at radius 3 is 2.50 bits per heavy atom. The van der Waals surface area contributed by atoms with Gasteiger partial charge in [0.15, 0.2) is 0 Å². The third kappa shape index (κ3) is 3.20. The van der Waals surface area contributed by atoms with Gasteiger partial charge < -0.3 is 11.1 Å². The SMILES string of the molecule is CNc1nc(N)cc(CC(C)(C)C)n1. The first-order valence-electron chi connectivity index (χ1n) is 4.72. The van der Waals surface area contributed by atoms with Gasteiger partial charge in [-0.2, -0.15) is 4.98 Å². The van der Waals surface area contributed by atoms with Crippen molar-refractivity contribution in [3.8, 4) is 0 Å². The molecule has 1 aromatic heterocycles. The summed E-state index contributed by atoms with van der Waals surface area (Å²) in [5.74, 6) is 1.10. The van der Waals surface area contributed by atoms with Crippen molar-refractivity contribution in [2.24, 2.45) is 5.41 Å². The Labute approximate surface area is 85.0 Å². The van der Waals surface area contributed by atoms with E-state index in [4.69, 9.17) is 5.73 Å². The van der Waals surface area contributed by atoms with Gasteiger partial charge in [-0.3, -0.25) is 0 Å². The normalized spacial score (nSPS) is 11.4. The van der Waals surface area contributed by atoms with Crippen LogP contribution in [0, 0.1) is 5.41 Å². The summed E-state index contributed by atoms with van der Waals surface area (Å²) >= 11 is 0. The summed E-state index contributed by atoms with van der Waals surface area (Å²) in [6.07, 6.45) is 0.897. The smallest absolute Gasteiger partial charge is 0.224 e. The highest BCUT2D eigenvalue weighted by atomic mass is 15.1. The number of hydrogen-bond donors (Lipinski definition) is 2. The van der Waals surface area contributed by atoms with Gasteiger partial charge in [-0.05, 0) is 11.8 Å². The molecule has 0 aliphatic heterocycles. The van der Waals surface area contributed by atoms with Crippen LogP contribution in [0.4, 0.5) is 11.8 Å². The second kappa shape index (κ2) is 3.82. The topological polar surface area (TPSA) is 63.8 Å². The maximum absolute atomic E-state index is 5.66. The third-order valence-electron chi connectivity index (χ3n) is 1.73. The van der Waals surface area contributed by atoms with Crippen molar-refractivity contribution in [2.45, 2.75) is 27.2 Å². The zero-order chi connectivity index (χ0) is 10.8. The number of rotatable bonds is 2. The number of nitrogen functional groups attached to an aromatic ring is 1. The molecule has 0 amide bonds. The lowest BCUT2D eigenvalue weighted by atomic mass is 9.90. The van der Waals surface area contributed by atoms with Crippen LogP contribution in [-0.4, -0.2) is 17.0 Å². The Morgan fingerprint density at radius 2 is 2.00 bits per heavy atom. The van der Waals surface area contributed by atoms with Crippen LogP contribution in [-0.2, 0) is 6.42 Å². The van der Waals surface area contributed by atoms with Gasteiger partial charge in [-0.15, -0.1) is 0 Å². The van der Waals surface area contributed by atoms with Crippen LogP contribution in [0.5, 0.6) is 0 Å².